The van der Waals surface area contributed by atoms with Crippen molar-refractivity contribution in [3.05, 3.63) is 72.0 Å². The number of nitrogens with one attached hydrogen (secondary N) is 2. The van der Waals surface area contributed by atoms with Crippen molar-refractivity contribution in [2.75, 3.05) is 16.6 Å². The van der Waals surface area contributed by atoms with Gasteiger partial charge in [0.25, 0.3) is 10.0 Å². The number of anilines is 2. The fraction of sp³-hybridized carbons (Fsp3) is 0.100. The van der Waals surface area contributed by atoms with Gasteiger partial charge in [0.2, 0.25) is 11.9 Å². The number of fused-ring (bicyclic) bond motifs is 1. The molecule has 11 heteroatoms. The lowest BCUT2D eigenvalue weighted by molar-refractivity contribution is -0.121. The third kappa shape index (κ3) is 5.40. The van der Waals surface area contributed by atoms with E-state index in [1.165, 1.54) is 48.0 Å². The molecule has 0 aliphatic heterocycles. The molecule has 9 nitrogen and oxygen atoms in total. The highest BCUT2D eigenvalue weighted by Crippen LogP contribution is 2.22. The van der Waals surface area contributed by atoms with Crippen molar-refractivity contribution in [3.8, 4) is 0 Å². The Kier molecular flexibility index (Phi) is 6.16. The maximum Gasteiger partial charge on any atom is 0.264 e. The van der Waals surface area contributed by atoms with Crippen LogP contribution < -0.4 is 10.0 Å². The summed E-state index contributed by atoms with van der Waals surface area (Å²) in [6.07, 6.45) is 2.87. The van der Waals surface area contributed by atoms with E-state index in [1.54, 1.807) is 6.07 Å². The van der Waals surface area contributed by atoms with Gasteiger partial charge in [0.15, 0.2) is 0 Å². The molecule has 2 aromatic carbocycles. The van der Waals surface area contributed by atoms with E-state index in [9.17, 15) is 13.2 Å². The third-order valence-electron chi connectivity index (χ3n) is 4.04. The lowest BCUT2D eigenvalue weighted by atomic mass is 10.3. The van der Waals surface area contributed by atoms with E-state index >= 15 is 0 Å². The highest BCUT2D eigenvalue weighted by molar-refractivity contribution is 7.92. The van der Waals surface area contributed by atoms with Crippen LogP contribution in [0.4, 0.5) is 11.6 Å². The Bertz CT molecular complexity index is 1260. The van der Waals surface area contributed by atoms with Crippen molar-refractivity contribution < 1.29 is 17.9 Å². The second-order valence-corrected chi connectivity index (χ2v) is 9.12. The van der Waals surface area contributed by atoms with Gasteiger partial charge in [-0.25, -0.2) is 28.1 Å². The van der Waals surface area contributed by atoms with Crippen molar-refractivity contribution in [1.29, 1.82) is 0 Å². The number of ether oxygens (including phenoxy) is 1. The summed E-state index contributed by atoms with van der Waals surface area (Å²) < 4.78 is 33.5. The van der Waals surface area contributed by atoms with Crippen LogP contribution in [0.25, 0.3) is 10.2 Å². The van der Waals surface area contributed by atoms with Crippen LogP contribution in [0.2, 0.25) is 0 Å². The number of amides is 1. The van der Waals surface area contributed by atoms with Gasteiger partial charge in [-0.15, -0.1) is 11.3 Å². The van der Waals surface area contributed by atoms with Crippen LogP contribution in [0.3, 0.4) is 0 Å². The minimum Gasteiger partial charge on any atom is -0.364 e. The van der Waals surface area contributed by atoms with E-state index in [0.717, 1.165) is 15.2 Å². The van der Waals surface area contributed by atoms with E-state index in [4.69, 9.17) is 4.74 Å². The van der Waals surface area contributed by atoms with Crippen LogP contribution in [-0.2, 0) is 26.2 Å². The molecule has 2 N–H and O–H groups in total. The molecule has 0 spiro atoms. The number of para-hydroxylation sites is 1. The monoisotopic (exact) mass is 455 g/mol. The summed E-state index contributed by atoms with van der Waals surface area (Å²) in [5, 5.41) is 3.45. The lowest BCUT2D eigenvalue weighted by Gasteiger charge is -2.08. The highest BCUT2D eigenvalue weighted by Gasteiger charge is 2.15. The molecule has 0 fully saturated rings. The van der Waals surface area contributed by atoms with Gasteiger partial charge in [-0.05, 0) is 42.5 Å². The van der Waals surface area contributed by atoms with Gasteiger partial charge >= 0.3 is 0 Å². The van der Waals surface area contributed by atoms with E-state index in [-0.39, 0.29) is 30.0 Å². The summed E-state index contributed by atoms with van der Waals surface area (Å²) in [7, 11) is -3.83. The first-order valence-electron chi connectivity index (χ1n) is 9.11. The Morgan fingerprint density at radius 2 is 1.74 bits per heavy atom. The van der Waals surface area contributed by atoms with Gasteiger partial charge in [0.1, 0.15) is 11.6 Å². The minimum absolute atomic E-state index is 0.0186. The largest absolute Gasteiger partial charge is 0.364 e. The summed E-state index contributed by atoms with van der Waals surface area (Å²) in [5.74, 6) is -0.377. The lowest BCUT2D eigenvalue weighted by Crippen LogP contribution is -2.18. The Morgan fingerprint density at radius 3 is 2.48 bits per heavy atom. The quantitative estimate of drug-likeness (QED) is 0.418. The molecule has 0 unspecified atom stereocenters. The predicted octanol–water partition coefficient (Wildman–Crippen LogP) is 3.04. The molecule has 0 aliphatic rings. The van der Waals surface area contributed by atoms with Gasteiger partial charge in [0, 0.05) is 18.1 Å². The molecule has 4 rings (SSSR count). The molecule has 0 saturated carbocycles. The zero-order chi connectivity index (χ0) is 21.7. The number of hydrogen-bond donors (Lipinski definition) is 2. The fourth-order valence-electron chi connectivity index (χ4n) is 2.66. The van der Waals surface area contributed by atoms with Crippen LogP contribution in [0.5, 0.6) is 0 Å². The molecule has 0 aliphatic carbocycles. The van der Waals surface area contributed by atoms with Gasteiger partial charge < -0.3 is 10.1 Å². The Labute approximate surface area is 182 Å². The number of thiazole rings is 1. The van der Waals surface area contributed by atoms with Gasteiger partial charge in [0.05, 0.1) is 21.7 Å². The number of carbonyl (C=O) groups is 1. The topological polar surface area (TPSA) is 123 Å². The SMILES string of the molecule is O=C(COCc1nc2ccccc2s1)Nc1ccc(S(=O)(=O)Nc2ncccn2)cc1. The number of carbonyl (C=O) groups excluding carboxylic acids is 1. The minimum atomic E-state index is -3.83. The Hall–Kier alpha value is -3.41. The van der Waals surface area contributed by atoms with Gasteiger partial charge in [-0.2, -0.15) is 0 Å². The molecule has 0 atom stereocenters. The van der Waals surface area contributed by atoms with E-state index < -0.39 is 10.0 Å². The van der Waals surface area contributed by atoms with E-state index in [2.05, 4.69) is 25.0 Å². The third-order valence-corrected chi connectivity index (χ3v) is 6.39. The average molecular weight is 456 g/mol. The van der Waals surface area contributed by atoms with Crippen molar-refractivity contribution in [3.63, 3.8) is 0 Å². The summed E-state index contributed by atoms with van der Waals surface area (Å²) >= 11 is 1.52. The molecule has 31 heavy (non-hydrogen) atoms. The second kappa shape index (κ2) is 9.16. The number of rotatable bonds is 8. The smallest absolute Gasteiger partial charge is 0.264 e. The number of sulfonamides is 1. The standard InChI is InChI=1S/C20H17N5O4S2/c26-18(12-29-13-19-24-16-4-1-2-5-17(16)30-19)23-14-6-8-15(9-7-14)31(27,28)25-20-21-10-3-11-22-20/h1-11H,12-13H2,(H,23,26)(H,21,22,25). The molecule has 4 aromatic rings. The van der Waals surface area contributed by atoms with E-state index in [1.807, 2.05) is 24.3 Å². The zero-order valence-corrected chi connectivity index (χ0v) is 17.7. The van der Waals surface area contributed by atoms with Crippen molar-refractivity contribution in [2.45, 2.75) is 11.5 Å². The Balaban J connectivity index is 1.29. The van der Waals surface area contributed by atoms with Crippen molar-refractivity contribution in [2.24, 2.45) is 0 Å². The van der Waals surface area contributed by atoms with Crippen LogP contribution >= 0.6 is 11.3 Å². The van der Waals surface area contributed by atoms with Gasteiger partial charge in [-0.1, -0.05) is 12.1 Å². The summed E-state index contributed by atoms with van der Waals surface area (Å²) in [4.78, 5) is 24.2. The molecule has 0 saturated heterocycles. The number of hydrogen-bond acceptors (Lipinski definition) is 8. The summed E-state index contributed by atoms with van der Waals surface area (Å²) in [6, 6.07) is 15.1. The number of nitrogens with zero attached hydrogens (tertiary/aromatic N) is 3. The maximum absolute atomic E-state index is 12.4. The van der Waals surface area contributed by atoms with Crippen molar-refractivity contribution in [1.82, 2.24) is 15.0 Å². The average Bonchev–Trinajstić information content (AvgIpc) is 3.17. The first-order chi connectivity index (χ1) is 15.0. The molecule has 1 amide bonds. The van der Waals surface area contributed by atoms with E-state index in [0.29, 0.717) is 5.69 Å². The van der Waals surface area contributed by atoms with Crippen LogP contribution in [0.1, 0.15) is 5.01 Å². The summed E-state index contributed by atoms with van der Waals surface area (Å²) in [5.41, 5.74) is 1.35. The first-order valence-corrected chi connectivity index (χ1v) is 11.4. The summed E-state index contributed by atoms with van der Waals surface area (Å²) in [6.45, 7) is 0.0834. The molecule has 0 radical (unpaired) electrons. The maximum atomic E-state index is 12.4. The molecule has 0 bridgehead atoms. The zero-order valence-electron chi connectivity index (χ0n) is 16.1. The van der Waals surface area contributed by atoms with Crippen LogP contribution in [0.15, 0.2) is 71.9 Å². The fourth-order valence-corrected chi connectivity index (χ4v) is 4.52. The van der Waals surface area contributed by atoms with Crippen molar-refractivity contribution >= 4 is 49.1 Å². The molecule has 2 heterocycles. The van der Waals surface area contributed by atoms with Crippen LogP contribution in [-0.4, -0.2) is 35.9 Å². The molecular formula is C20H17N5O4S2. The van der Waals surface area contributed by atoms with Gasteiger partial charge in [-0.3, -0.25) is 4.79 Å². The number of benzene rings is 2. The molecule has 158 valence electrons. The molecule has 2 aromatic heterocycles. The second-order valence-electron chi connectivity index (χ2n) is 6.32. The Morgan fingerprint density at radius 1 is 1.00 bits per heavy atom. The number of aromatic nitrogens is 3. The highest BCUT2D eigenvalue weighted by atomic mass is 32.2. The predicted molar refractivity (Wildman–Crippen MR) is 117 cm³/mol. The van der Waals surface area contributed by atoms with Crippen LogP contribution in [0, 0.1) is 0 Å². The normalized spacial score (nSPS) is 11.4. The molecular weight excluding hydrogens is 438 g/mol. The first kappa shape index (κ1) is 20.8.